The summed E-state index contributed by atoms with van der Waals surface area (Å²) in [4.78, 5) is 0. The van der Waals surface area contributed by atoms with Gasteiger partial charge >= 0.3 is 0 Å². The molecule has 0 spiro atoms. The number of hydrogen-bond acceptors (Lipinski definition) is 4. The van der Waals surface area contributed by atoms with Crippen LogP contribution in [0, 0.1) is 0 Å². The van der Waals surface area contributed by atoms with Crippen molar-refractivity contribution in [2.75, 3.05) is 13.2 Å². The molecule has 1 saturated heterocycles. The molecule has 5 heteroatoms. The zero-order chi connectivity index (χ0) is 7.68. The molecule has 2 heterocycles. The molecule has 0 saturated carbocycles. The van der Waals surface area contributed by atoms with Crippen molar-refractivity contribution >= 4 is 0 Å². The van der Waals surface area contributed by atoms with Gasteiger partial charge in [0.15, 0.2) is 0 Å². The van der Waals surface area contributed by atoms with Crippen molar-refractivity contribution < 1.29 is 4.74 Å². The molecule has 0 aromatic carbocycles. The fourth-order valence-electron chi connectivity index (χ4n) is 1.23. The highest BCUT2D eigenvalue weighted by Gasteiger charge is 2.26. The Morgan fingerprint density at radius 3 is 3.00 bits per heavy atom. The maximum absolute atomic E-state index is 5.76. The Hall–Kier alpha value is -0.940. The van der Waals surface area contributed by atoms with Crippen molar-refractivity contribution in [3.63, 3.8) is 0 Å². The van der Waals surface area contributed by atoms with E-state index in [1.807, 2.05) is 0 Å². The molecule has 1 aliphatic heterocycles. The second-order valence-corrected chi connectivity index (χ2v) is 2.65. The zero-order valence-electron chi connectivity index (χ0n) is 6.05. The first-order valence-electron chi connectivity index (χ1n) is 3.57. The van der Waals surface area contributed by atoms with Gasteiger partial charge in [0, 0.05) is 6.20 Å². The largest absolute Gasteiger partial charge is 0.377 e. The first-order chi connectivity index (χ1) is 5.38. The maximum atomic E-state index is 5.76. The molecule has 0 unspecified atom stereocenters. The zero-order valence-corrected chi connectivity index (χ0v) is 6.05. The topological polar surface area (TPSA) is 66.0 Å². The minimum atomic E-state index is 0.0525. The highest BCUT2D eigenvalue weighted by molar-refractivity contribution is 4.84. The average Bonchev–Trinajstić information content (AvgIpc) is 2.55. The average molecular weight is 154 g/mol. The van der Waals surface area contributed by atoms with Crippen LogP contribution < -0.4 is 5.73 Å². The van der Waals surface area contributed by atoms with Crippen LogP contribution in [-0.4, -0.2) is 34.2 Å². The van der Waals surface area contributed by atoms with E-state index in [0.29, 0.717) is 13.2 Å². The fraction of sp³-hybridized carbons (Fsp3) is 0.667. The van der Waals surface area contributed by atoms with Crippen LogP contribution in [0.2, 0.25) is 0 Å². The van der Waals surface area contributed by atoms with Crippen molar-refractivity contribution in [1.29, 1.82) is 0 Å². The first-order valence-corrected chi connectivity index (χ1v) is 3.57. The van der Waals surface area contributed by atoms with E-state index in [1.54, 1.807) is 17.1 Å². The van der Waals surface area contributed by atoms with E-state index >= 15 is 0 Å². The van der Waals surface area contributed by atoms with E-state index < -0.39 is 0 Å². The van der Waals surface area contributed by atoms with Crippen molar-refractivity contribution in [3.05, 3.63) is 12.4 Å². The van der Waals surface area contributed by atoms with Gasteiger partial charge in [-0.1, -0.05) is 5.21 Å². The lowest BCUT2D eigenvalue weighted by atomic mass is 10.2. The monoisotopic (exact) mass is 154 g/mol. The molecule has 60 valence electrons. The molecule has 1 fully saturated rings. The summed E-state index contributed by atoms with van der Waals surface area (Å²) in [5.74, 6) is 0. The standard InChI is InChI=1S/C6H10N4O/c7-5-3-11-4-6(5)10-2-1-8-9-10/h1-2,5-6H,3-4,7H2/t5-,6+/m0/s1. The lowest BCUT2D eigenvalue weighted by Gasteiger charge is -2.11. The summed E-state index contributed by atoms with van der Waals surface area (Å²) >= 11 is 0. The van der Waals surface area contributed by atoms with Gasteiger partial charge in [0.1, 0.15) is 0 Å². The van der Waals surface area contributed by atoms with Crippen molar-refractivity contribution in [2.24, 2.45) is 5.73 Å². The van der Waals surface area contributed by atoms with E-state index in [4.69, 9.17) is 10.5 Å². The first kappa shape index (κ1) is 6.75. The van der Waals surface area contributed by atoms with Crippen LogP contribution in [-0.2, 0) is 4.74 Å². The summed E-state index contributed by atoms with van der Waals surface area (Å²) in [5.41, 5.74) is 5.76. The van der Waals surface area contributed by atoms with Gasteiger partial charge in [0.25, 0.3) is 0 Å². The molecule has 2 N–H and O–H groups in total. The maximum Gasteiger partial charge on any atom is 0.0943 e. The molecule has 2 rings (SSSR count). The Morgan fingerprint density at radius 2 is 2.45 bits per heavy atom. The van der Waals surface area contributed by atoms with Gasteiger partial charge in [-0.05, 0) is 0 Å². The summed E-state index contributed by atoms with van der Waals surface area (Å²) < 4.78 is 6.93. The molecule has 2 atom stereocenters. The van der Waals surface area contributed by atoms with Crippen LogP contribution >= 0.6 is 0 Å². The molecule has 0 amide bonds. The Balaban J connectivity index is 2.16. The van der Waals surface area contributed by atoms with Gasteiger partial charge in [-0.15, -0.1) is 5.10 Å². The number of ether oxygens (including phenoxy) is 1. The lowest BCUT2D eigenvalue weighted by Crippen LogP contribution is -2.31. The Labute approximate surface area is 64.1 Å². The summed E-state index contributed by atoms with van der Waals surface area (Å²) in [7, 11) is 0. The fourth-order valence-corrected chi connectivity index (χ4v) is 1.23. The van der Waals surface area contributed by atoms with Crippen molar-refractivity contribution in [3.8, 4) is 0 Å². The third-order valence-electron chi connectivity index (χ3n) is 1.87. The summed E-state index contributed by atoms with van der Waals surface area (Å²) in [6.45, 7) is 1.26. The quantitative estimate of drug-likeness (QED) is 0.573. The molecular weight excluding hydrogens is 144 g/mol. The Kier molecular flexibility index (Phi) is 1.59. The van der Waals surface area contributed by atoms with Crippen LogP contribution in [0.25, 0.3) is 0 Å². The lowest BCUT2D eigenvalue weighted by molar-refractivity contribution is 0.183. The minimum Gasteiger partial charge on any atom is -0.377 e. The molecule has 0 radical (unpaired) electrons. The van der Waals surface area contributed by atoms with Gasteiger partial charge in [-0.3, -0.25) is 0 Å². The van der Waals surface area contributed by atoms with Crippen LogP contribution in [0.4, 0.5) is 0 Å². The third kappa shape index (κ3) is 1.12. The predicted molar refractivity (Wildman–Crippen MR) is 37.9 cm³/mol. The highest BCUT2D eigenvalue weighted by atomic mass is 16.5. The molecule has 1 aromatic heterocycles. The molecule has 0 aliphatic carbocycles. The van der Waals surface area contributed by atoms with E-state index in [0.717, 1.165) is 0 Å². The number of nitrogens with zero attached hydrogens (tertiary/aromatic N) is 3. The normalized spacial score (nSPS) is 31.0. The minimum absolute atomic E-state index is 0.0525. The summed E-state index contributed by atoms with van der Waals surface area (Å²) in [6.07, 6.45) is 3.45. The van der Waals surface area contributed by atoms with Crippen molar-refractivity contribution in [1.82, 2.24) is 15.0 Å². The number of nitrogens with two attached hydrogens (primary N) is 1. The van der Waals surface area contributed by atoms with Gasteiger partial charge in [0.2, 0.25) is 0 Å². The van der Waals surface area contributed by atoms with Gasteiger partial charge in [-0.25, -0.2) is 4.68 Å². The van der Waals surface area contributed by atoms with Gasteiger partial charge < -0.3 is 10.5 Å². The summed E-state index contributed by atoms with van der Waals surface area (Å²) in [5, 5.41) is 7.56. The molecule has 1 aliphatic rings. The van der Waals surface area contributed by atoms with Crippen LogP contribution in [0.1, 0.15) is 6.04 Å². The van der Waals surface area contributed by atoms with Crippen LogP contribution in [0.5, 0.6) is 0 Å². The predicted octanol–water partition coefficient (Wildman–Crippen LogP) is -0.823. The Morgan fingerprint density at radius 1 is 1.55 bits per heavy atom. The van der Waals surface area contributed by atoms with E-state index in [-0.39, 0.29) is 12.1 Å². The second-order valence-electron chi connectivity index (χ2n) is 2.65. The van der Waals surface area contributed by atoms with Gasteiger partial charge in [-0.2, -0.15) is 0 Å². The molecule has 5 nitrogen and oxygen atoms in total. The molecule has 1 aromatic rings. The smallest absolute Gasteiger partial charge is 0.0943 e. The van der Waals surface area contributed by atoms with E-state index in [2.05, 4.69) is 10.3 Å². The number of rotatable bonds is 1. The summed E-state index contributed by atoms with van der Waals surface area (Å²) in [6, 6.07) is 0.217. The second kappa shape index (κ2) is 2.60. The van der Waals surface area contributed by atoms with Gasteiger partial charge in [0.05, 0.1) is 31.5 Å². The van der Waals surface area contributed by atoms with Crippen LogP contribution in [0.3, 0.4) is 0 Å². The molecular formula is C6H10N4O. The Bertz CT molecular complexity index is 222. The van der Waals surface area contributed by atoms with Crippen molar-refractivity contribution in [2.45, 2.75) is 12.1 Å². The SMILES string of the molecule is N[C@H]1COC[C@H]1n1ccnn1. The van der Waals surface area contributed by atoms with E-state index in [9.17, 15) is 0 Å². The molecule has 0 bridgehead atoms. The molecule has 11 heavy (non-hydrogen) atoms. The number of aromatic nitrogens is 3. The third-order valence-corrected chi connectivity index (χ3v) is 1.87. The van der Waals surface area contributed by atoms with Crippen LogP contribution in [0.15, 0.2) is 12.4 Å². The number of hydrogen-bond donors (Lipinski definition) is 1. The highest BCUT2D eigenvalue weighted by Crippen LogP contribution is 2.15. The van der Waals surface area contributed by atoms with E-state index in [1.165, 1.54) is 0 Å².